The molecule has 52 heavy (non-hydrogen) atoms. The monoisotopic (exact) mass is 680 g/mol. The van der Waals surface area contributed by atoms with Crippen LogP contribution in [0.25, 0.3) is 71.9 Å². The Morgan fingerprint density at radius 2 is 1.27 bits per heavy atom. The van der Waals surface area contributed by atoms with E-state index in [1.165, 1.54) is 61.6 Å². The van der Waals surface area contributed by atoms with Crippen molar-refractivity contribution in [2.24, 2.45) is 0 Å². The van der Waals surface area contributed by atoms with Crippen molar-refractivity contribution in [1.82, 2.24) is 9.55 Å². The fraction of sp³-hybridized carbons (Fsp3) is 0.286. The quantitative estimate of drug-likeness (QED) is 0.181. The molecule has 9 rings (SSSR count). The van der Waals surface area contributed by atoms with Gasteiger partial charge in [0.2, 0.25) is 0 Å². The number of rotatable bonds is 5. The lowest BCUT2D eigenvalue weighted by Crippen LogP contribution is -2.33. The first-order valence-electron chi connectivity index (χ1n) is 19.1. The highest BCUT2D eigenvalue weighted by molar-refractivity contribution is 6.12. The van der Waals surface area contributed by atoms with E-state index >= 15 is 0 Å². The number of hydrogen-bond acceptors (Lipinski definition) is 2. The molecule has 0 radical (unpaired) electrons. The van der Waals surface area contributed by atoms with Gasteiger partial charge in [-0.2, -0.15) is 0 Å². The molecule has 0 saturated carbocycles. The summed E-state index contributed by atoms with van der Waals surface area (Å²) in [4.78, 5) is 5.55. The van der Waals surface area contributed by atoms with Crippen molar-refractivity contribution in [3.63, 3.8) is 0 Å². The van der Waals surface area contributed by atoms with Crippen molar-refractivity contribution in [3.8, 4) is 28.2 Å². The predicted molar refractivity (Wildman–Crippen MR) is 220 cm³/mol. The minimum absolute atomic E-state index is 0.0172. The zero-order valence-electron chi connectivity index (χ0n) is 31.8. The van der Waals surface area contributed by atoms with Gasteiger partial charge in [-0.25, -0.2) is 4.98 Å². The molecule has 6 aromatic carbocycles. The molecule has 1 aliphatic carbocycles. The van der Waals surface area contributed by atoms with E-state index in [9.17, 15) is 0 Å². The molecule has 0 atom stereocenters. The first-order chi connectivity index (χ1) is 24.9. The van der Waals surface area contributed by atoms with E-state index in [-0.39, 0.29) is 22.7 Å². The van der Waals surface area contributed by atoms with Crippen molar-refractivity contribution in [3.05, 3.63) is 131 Å². The molecule has 0 aliphatic heterocycles. The number of furan rings is 1. The largest absolute Gasteiger partial charge is 0.455 e. The summed E-state index contributed by atoms with van der Waals surface area (Å²) >= 11 is 0. The Balaban J connectivity index is 1.42. The van der Waals surface area contributed by atoms with E-state index < -0.39 is 0 Å². The Bertz CT molecular complexity index is 2650. The van der Waals surface area contributed by atoms with Gasteiger partial charge in [0.25, 0.3) is 0 Å². The van der Waals surface area contributed by atoms with Crippen molar-refractivity contribution in [1.29, 1.82) is 0 Å². The van der Waals surface area contributed by atoms with Crippen LogP contribution in [0.15, 0.2) is 114 Å². The van der Waals surface area contributed by atoms with Gasteiger partial charge in [0.15, 0.2) is 0 Å². The fourth-order valence-corrected chi connectivity index (χ4v) is 9.01. The van der Waals surface area contributed by atoms with Gasteiger partial charge < -0.3 is 4.42 Å². The SMILES string of the molecule is CC(C)c1cc(-c2ccccc2)cc(C(C)C)c1-n1c(-c2cccc3c2oc2c4c(ccc23)C(C)(C)CCC4(C)C)nc2ccc3ccccc3c21. The fourth-order valence-electron chi connectivity index (χ4n) is 9.01. The molecule has 2 aromatic heterocycles. The molecule has 0 saturated heterocycles. The molecule has 0 unspecified atom stereocenters. The van der Waals surface area contributed by atoms with E-state index in [2.05, 4.69) is 169 Å². The van der Waals surface area contributed by atoms with E-state index in [0.717, 1.165) is 45.4 Å². The number of aromatic nitrogens is 2. The maximum absolute atomic E-state index is 7.22. The van der Waals surface area contributed by atoms with Gasteiger partial charge in [0, 0.05) is 21.7 Å². The maximum atomic E-state index is 7.22. The average Bonchev–Trinajstić information content (AvgIpc) is 3.72. The van der Waals surface area contributed by atoms with Crippen LogP contribution in [-0.4, -0.2) is 9.55 Å². The molecule has 1 aliphatic rings. The molecule has 0 bridgehead atoms. The van der Waals surface area contributed by atoms with Crippen molar-refractivity contribution >= 4 is 43.7 Å². The van der Waals surface area contributed by atoms with Crippen molar-refractivity contribution in [2.45, 2.75) is 90.9 Å². The lowest BCUT2D eigenvalue weighted by atomic mass is 9.63. The molecular weight excluding hydrogens is 633 g/mol. The van der Waals surface area contributed by atoms with Gasteiger partial charge >= 0.3 is 0 Å². The summed E-state index contributed by atoms with van der Waals surface area (Å²) in [7, 11) is 0. The summed E-state index contributed by atoms with van der Waals surface area (Å²) in [5.41, 5.74) is 14.3. The van der Waals surface area contributed by atoms with Gasteiger partial charge in [-0.3, -0.25) is 4.57 Å². The zero-order valence-corrected chi connectivity index (χ0v) is 31.8. The zero-order chi connectivity index (χ0) is 36.1. The Morgan fingerprint density at radius 3 is 2.00 bits per heavy atom. The van der Waals surface area contributed by atoms with Gasteiger partial charge in [0.05, 0.1) is 22.3 Å². The van der Waals surface area contributed by atoms with E-state index in [4.69, 9.17) is 9.40 Å². The molecule has 0 spiro atoms. The van der Waals surface area contributed by atoms with Crippen LogP contribution in [0.2, 0.25) is 0 Å². The van der Waals surface area contributed by atoms with Crippen LogP contribution in [0.1, 0.15) is 102 Å². The first-order valence-corrected chi connectivity index (χ1v) is 19.1. The molecule has 0 N–H and O–H groups in total. The highest BCUT2D eigenvalue weighted by Gasteiger charge is 2.40. The molecular formula is C49H48N2O. The van der Waals surface area contributed by atoms with Crippen LogP contribution in [0.5, 0.6) is 0 Å². The number of hydrogen-bond donors (Lipinski definition) is 0. The molecule has 0 amide bonds. The standard InChI is InChI=1S/C49H48N2O/c1-29(2)38-27-33(31-15-10-9-11-16-31)28-39(30(3)4)43(38)51-44-34-18-13-12-17-32(34)21-24-41(44)50-47(51)37-20-14-19-35-36-22-23-40-42(46(36)52-45(35)37)49(7,8)26-25-48(40,5)6/h9-24,27-30H,25-26H2,1-8H3. The Hall–Kier alpha value is -5.15. The van der Waals surface area contributed by atoms with E-state index in [1.807, 2.05) is 0 Å². The third-order valence-electron chi connectivity index (χ3n) is 12.0. The topological polar surface area (TPSA) is 31.0 Å². The van der Waals surface area contributed by atoms with Gasteiger partial charge in [0.1, 0.15) is 17.0 Å². The van der Waals surface area contributed by atoms with E-state index in [0.29, 0.717) is 0 Å². The second-order valence-corrected chi connectivity index (χ2v) is 17.0. The minimum atomic E-state index is 0.0172. The van der Waals surface area contributed by atoms with Gasteiger partial charge in [-0.05, 0) is 93.0 Å². The molecule has 8 aromatic rings. The molecule has 0 fully saturated rings. The van der Waals surface area contributed by atoms with Crippen LogP contribution in [0, 0.1) is 0 Å². The van der Waals surface area contributed by atoms with Crippen LogP contribution < -0.4 is 0 Å². The predicted octanol–water partition coefficient (Wildman–Crippen LogP) is 14.0. The van der Waals surface area contributed by atoms with Crippen LogP contribution in [-0.2, 0) is 10.8 Å². The van der Waals surface area contributed by atoms with Crippen molar-refractivity contribution in [2.75, 3.05) is 0 Å². The highest BCUT2D eigenvalue weighted by atomic mass is 16.3. The summed E-state index contributed by atoms with van der Waals surface area (Å²) in [5.74, 6) is 1.46. The molecule has 3 nitrogen and oxygen atoms in total. The third kappa shape index (κ3) is 4.89. The van der Waals surface area contributed by atoms with Gasteiger partial charge in [-0.1, -0.05) is 140 Å². The lowest BCUT2D eigenvalue weighted by Gasteiger charge is -2.41. The second kappa shape index (κ2) is 11.7. The maximum Gasteiger partial charge on any atom is 0.149 e. The number of imidazole rings is 1. The number of nitrogens with zero attached hydrogens (tertiary/aromatic N) is 2. The normalized spacial score (nSPS) is 15.4. The second-order valence-electron chi connectivity index (χ2n) is 17.0. The number of para-hydroxylation sites is 1. The van der Waals surface area contributed by atoms with Gasteiger partial charge in [-0.15, -0.1) is 0 Å². The van der Waals surface area contributed by atoms with Crippen LogP contribution in [0.4, 0.5) is 0 Å². The number of fused-ring (bicyclic) bond motifs is 8. The average molecular weight is 681 g/mol. The Morgan fingerprint density at radius 1 is 0.615 bits per heavy atom. The molecule has 260 valence electrons. The van der Waals surface area contributed by atoms with E-state index in [1.54, 1.807) is 0 Å². The Labute approximate surface area is 307 Å². The number of benzene rings is 6. The Kier molecular flexibility index (Phi) is 7.35. The lowest BCUT2D eigenvalue weighted by molar-refractivity contribution is 0.331. The summed E-state index contributed by atoms with van der Waals surface area (Å²) in [6, 6.07) is 40.1. The molecule has 3 heteroatoms. The summed E-state index contributed by atoms with van der Waals surface area (Å²) < 4.78 is 9.71. The molecule has 2 heterocycles. The van der Waals surface area contributed by atoms with Crippen LogP contribution in [0.3, 0.4) is 0 Å². The summed E-state index contributed by atoms with van der Waals surface area (Å²) in [6.07, 6.45) is 2.30. The summed E-state index contributed by atoms with van der Waals surface area (Å²) in [5, 5.41) is 4.74. The summed E-state index contributed by atoms with van der Waals surface area (Å²) in [6.45, 7) is 18.8. The highest BCUT2D eigenvalue weighted by Crippen LogP contribution is 2.51. The third-order valence-corrected chi connectivity index (χ3v) is 12.0. The van der Waals surface area contributed by atoms with Crippen LogP contribution >= 0.6 is 0 Å². The minimum Gasteiger partial charge on any atom is -0.455 e. The first kappa shape index (κ1) is 32.7. The smallest absolute Gasteiger partial charge is 0.149 e. The van der Waals surface area contributed by atoms with Crippen molar-refractivity contribution < 1.29 is 4.42 Å².